The van der Waals surface area contributed by atoms with Gasteiger partial charge in [0.15, 0.2) is 49.6 Å². The van der Waals surface area contributed by atoms with E-state index >= 15 is 0 Å². The highest BCUT2D eigenvalue weighted by Gasteiger charge is 2.33. The minimum Gasteiger partial charge on any atom is -0.377 e. The van der Waals surface area contributed by atoms with Gasteiger partial charge < -0.3 is 19.6 Å². The van der Waals surface area contributed by atoms with Crippen LogP contribution in [0.2, 0.25) is 0 Å². The van der Waals surface area contributed by atoms with Gasteiger partial charge in [-0.05, 0) is 0 Å². The van der Waals surface area contributed by atoms with E-state index in [1.54, 1.807) is 0 Å². The van der Waals surface area contributed by atoms with E-state index in [9.17, 15) is 0 Å². The van der Waals surface area contributed by atoms with Crippen LogP contribution < -0.4 is 37.9 Å². The number of pyridine rings is 4. The van der Waals surface area contributed by atoms with Gasteiger partial charge >= 0.3 is 0 Å². The van der Waals surface area contributed by atoms with Gasteiger partial charge in [-0.2, -0.15) is 18.3 Å². The molecular weight excluding hydrogens is 520 g/mol. The molecule has 0 radical (unpaired) electrons. The zero-order valence-electron chi connectivity index (χ0n) is 26.0. The first-order chi connectivity index (χ1) is 20.1. The third-order valence-electron chi connectivity index (χ3n) is 7.50. The number of hydrogen-bond donors (Lipinski definition) is 0. The quantitative estimate of drug-likeness (QED) is 0.272. The fourth-order valence-corrected chi connectivity index (χ4v) is 4.89. The van der Waals surface area contributed by atoms with Crippen molar-refractivity contribution in [2.24, 2.45) is 0 Å². The lowest BCUT2D eigenvalue weighted by molar-refractivity contribution is -0.644. The Kier molecular flexibility index (Phi) is 8.06. The highest BCUT2D eigenvalue weighted by Crippen LogP contribution is 2.21. The van der Waals surface area contributed by atoms with Gasteiger partial charge in [0.05, 0.1) is 12.1 Å². The van der Waals surface area contributed by atoms with Crippen LogP contribution in [-0.4, -0.2) is 56.4 Å². The van der Waals surface area contributed by atoms with Gasteiger partial charge in [0.25, 0.3) is 22.7 Å². The molecule has 0 N–H and O–H groups in total. The molecule has 0 aliphatic rings. The Hall–Kier alpha value is -4.98. The van der Waals surface area contributed by atoms with E-state index in [0.29, 0.717) is 0 Å². The number of hydrogen-bond acceptors (Lipinski definition) is 4. The van der Waals surface area contributed by atoms with E-state index in [0.717, 1.165) is 45.5 Å². The monoisotopic (exact) mass is 562 g/mol. The van der Waals surface area contributed by atoms with Crippen molar-refractivity contribution in [3.8, 4) is 22.7 Å². The van der Waals surface area contributed by atoms with Crippen LogP contribution >= 0.6 is 0 Å². The van der Waals surface area contributed by atoms with Gasteiger partial charge in [-0.1, -0.05) is 0 Å². The van der Waals surface area contributed by atoms with Gasteiger partial charge in [0.2, 0.25) is 0 Å². The Labute approximate surface area is 249 Å². The van der Waals surface area contributed by atoms with Crippen LogP contribution in [0.1, 0.15) is 0 Å². The molecule has 0 bridgehead atoms. The van der Waals surface area contributed by atoms with Gasteiger partial charge in [-0.15, -0.1) is 0 Å². The van der Waals surface area contributed by atoms with Crippen LogP contribution in [-0.2, 0) is 0 Å². The Morgan fingerprint density at radius 3 is 0.619 bits per heavy atom. The first kappa shape index (κ1) is 28.5. The summed E-state index contributed by atoms with van der Waals surface area (Å²) < 4.78 is 8.77. The summed E-state index contributed by atoms with van der Waals surface area (Å²) in [4.78, 5) is 8.46. The number of nitrogens with zero attached hydrogens (tertiary/aromatic N) is 8. The summed E-state index contributed by atoms with van der Waals surface area (Å²) in [5.74, 6) is 0. The van der Waals surface area contributed by atoms with Crippen LogP contribution in [0.3, 0.4) is 0 Å². The molecule has 0 saturated heterocycles. The van der Waals surface area contributed by atoms with Crippen molar-refractivity contribution in [1.82, 2.24) is 0 Å². The molecule has 0 atom stereocenters. The van der Waals surface area contributed by atoms with Crippen molar-refractivity contribution in [2.45, 2.75) is 0 Å². The average molecular weight is 563 g/mol. The number of benzene rings is 1. The molecule has 0 spiro atoms. The predicted octanol–water partition coefficient (Wildman–Crippen LogP) is 3.06. The molecule has 4 heterocycles. The van der Waals surface area contributed by atoms with E-state index < -0.39 is 0 Å². The lowest BCUT2D eigenvalue weighted by Gasteiger charge is -2.12. The third-order valence-corrected chi connectivity index (χ3v) is 7.50. The highest BCUT2D eigenvalue weighted by atomic mass is 15.1. The van der Waals surface area contributed by atoms with Crippen molar-refractivity contribution in [3.63, 3.8) is 0 Å². The molecule has 0 saturated carbocycles. The van der Waals surface area contributed by atoms with Crippen LogP contribution in [0.15, 0.2) is 110 Å². The molecule has 0 amide bonds. The topological polar surface area (TPSA) is 28.5 Å². The van der Waals surface area contributed by atoms with Crippen LogP contribution in [0.25, 0.3) is 22.7 Å². The molecule has 4 aromatic heterocycles. The number of anilines is 4. The molecule has 0 aliphatic heterocycles. The van der Waals surface area contributed by atoms with Crippen molar-refractivity contribution in [2.75, 3.05) is 76.0 Å². The maximum absolute atomic E-state index is 2.27. The van der Waals surface area contributed by atoms with Crippen molar-refractivity contribution < 1.29 is 18.3 Å². The third kappa shape index (κ3) is 5.88. The highest BCUT2D eigenvalue weighted by molar-refractivity contribution is 5.56. The molecular formula is C34H42N8+4. The van der Waals surface area contributed by atoms with Crippen molar-refractivity contribution >= 4 is 22.7 Å². The molecule has 8 heteroatoms. The maximum Gasteiger partial charge on any atom is 0.290 e. The molecule has 0 fully saturated rings. The second kappa shape index (κ2) is 11.9. The van der Waals surface area contributed by atoms with E-state index in [-0.39, 0.29) is 0 Å². The summed E-state index contributed by atoms with van der Waals surface area (Å²) in [5.41, 5.74) is 8.87. The smallest absolute Gasteiger partial charge is 0.290 e. The number of rotatable bonds is 8. The average Bonchev–Trinajstić information content (AvgIpc) is 3.00. The summed E-state index contributed by atoms with van der Waals surface area (Å²) in [5, 5.41) is 0. The van der Waals surface area contributed by atoms with Crippen LogP contribution in [0.4, 0.5) is 22.7 Å². The largest absolute Gasteiger partial charge is 0.377 e. The van der Waals surface area contributed by atoms with Gasteiger partial charge in [-0.25, -0.2) is 0 Å². The summed E-state index contributed by atoms with van der Waals surface area (Å²) >= 11 is 0. The number of aromatic nitrogens is 4. The minimum atomic E-state index is 1.07. The zero-order valence-corrected chi connectivity index (χ0v) is 26.0. The van der Waals surface area contributed by atoms with Crippen LogP contribution in [0, 0.1) is 0 Å². The molecule has 1 aromatic carbocycles. The van der Waals surface area contributed by atoms with E-state index in [1.807, 2.05) is 0 Å². The summed E-state index contributed by atoms with van der Waals surface area (Å²) in [6.07, 6.45) is 17.0. The Bertz CT molecular complexity index is 1390. The van der Waals surface area contributed by atoms with Gasteiger partial charge in [0.1, 0.15) is 0 Å². The lowest BCUT2D eigenvalue weighted by Crippen LogP contribution is -2.44. The fraction of sp³-hybridized carbons (Fsp3) is 0.235. The normalized spacial score (nSPS) is 10.9. The standard InChI is InChI=1S/C34H42N8/c1-35(2)27-9-17-39(18-10-27)31-25-33(41-21-13-29(14-22-41)37(5)6)34(42-23-15-30(16-24-42)38(7)8)26-32(31)40-19-11-28(12-20-40)36(3)4/h9-26H,1-8H3/q+4. The minimum absolute atomic E-state index is 1.07. The fourth-order valence-electron chi connectivity index (χ4n) is 4.89. The van der Waals surface area contributed by atoms with Crippen molar-refractivity contribution in [3.05, 3.63) is 110 Å². The summed E-state index contributed by atoms with van der Waals surface area (Å²) in [6, 6.07) is 21.7. The molecule has 0 aliphatic carbocycles. The maximum atomic E-state index is 2.27. The van der Waals surface area contributed by atoms with Crippen molar-refractivity contribution in [1.29, 1.82) is 0 Å². The lowest BCUT2D eigenvalue weighted by atomic mass is 10.1. The Balaban J connectivity index is 1.78. The first-order valence-corrected chi connectivity index (χ1v) is 14.1. The molecule has 5 aromatic rings. The Morgan fingerprint density at radius 2 is 0.476 bits per heavy atom. The Morgan fingerprint density at radius 1 is 0.310 bits per heavy atom. The van der Waals surface area contributed by atoms with Crippen LogP contribution in [0.5, 0.6) is 0 Å². The molecule has 42 heavy (non-hydrogen) atoms. The van der Waals surface area contributed by atoms with Gasteiger partial charge in [0, 0.05) is 128 Å². The van der Waals surface area contributed by atoms with E-state index in [4.69, 9.17) is 0 Å². The molecule has 214 valence electrons. The second-order valence-electron chi connectivity index (χ2n) is 11.3. The molecule has 0 unspecified atom stereocenters. The van der Waals surface area contributed by atoms with E-state index in [1.165, 1.54) is 0 Å². The SMILES string of the molecule is CN(C)c1cc[n+](-c2cc(-[n+]3ccc(N(C)C)cc3)c(-[n+]3ccc(N(C)C)cc3)cc2-[n+]2ccc(N(C)C)cc2)cc1. The molecule has 8 nitrogen and oxygen atoms in total. The first-order valence-electron chi connectivity index (χ1n) is 14.1. The van der Waals surface area contributed by atoms with E-state index in [2.05, 4.69) is 204 Å². The second-order valence-corrected chi connectivity index (χ2v) is 11.3. The molecule has 5 rings (SSSR count). The van der Waals surface area contributed by atoms with Gasteiger partial charge in [-0.3, -0.25) is 0 Å². The zero-order chi connectivity index (χ0) is 30.0. The predicted molar refractivity (Wildman–Crippen MR) is 170 cm³/mol. The summed E-state index contributed by atoms with van der Waals surface area (Å²) in [6.45, 7) is 0. The summed E-state index contributed by atoms with van der Waals surface area (Å²) in [7, 11) is 16.5.